The molecule has 22 heavy (non-hydrogen) atoms. The standard InChI is InChI=1S/C20H20.C2H6/c1-4-6-11-16(3)18-13-9-10-15-20(18)19-14-8-7-12-17(19)5-2;1-2/h4,6-15H,1,3,5H2,2H3;1-2H3/b11-6-;. The van der Waals surface area contributed by atoms with Crippen molar-refractivity contribution in [3.8, 4) is 11.1 Å². The summed E-state index contributed by atoms with van der Waals surface area (Å²) in [6, 6.07) is 17.0. The number of hydrogen-bond donors (Lipinski definition) is 0. The van der Waals surface area contributed by atoms with Crippen molar-refractivity contribution in [3.05, 3.63) is 91.0 Å². The Hall–Kier alpha value is -2.34. The van der Waals surface area contributed by atoms with Crippen LogP contribution < -0.4 is 0 Å². The summed E-state index contributed by atoms with van der Waals surface area (Å²) < 4.78 is 0. The van der Waals surface area contributed by atoms with Crippen molar-refractivity contribution in [1.29, 1.82) is 0 Å². The highest BCUT2D eigenvalue weighted by molar-refractivity contribution is 5.85. The van der Waals surface area contributed by atoms with Crippen LogP contribution in [0.15, 0.2) is 79.9 Å². The van der Waals surface area contributed by atoms with Gasteiger partial charge in [0.1, 0.15) is 0 Å². The molecule has 0 radical (unpaired) electrons. The molecule has 2 rings (SSSR count). The van der Waals surface area contributed by atoms with E-state index >= 15 is 0 Å². The monoisotopic (exact) mass is 290 g/mol. The first-order valence-electron chi connectivity index (χ1n) is 7.93. The quantitative estimate of drug-likeness (QED) is 0.538. The van der Waals surface area contributed by atoms with Crippen molar-refractivity contribution >= 4 is 5.57 Å². The smallest absolute Gasteiger partial charge is 0.0103 e. The molecule has 0 spiro atoms. The molecule has 0 amide bonds. The number of rotatable bonds is 5. The lowest BCUT2D eigenvalue weighted by molar-refractivity contribution is 1.14. The Labute approximate surface area is 135 Å². The van der Waals surface area contributed by atoms with Crippen LogP contribution in [-0.2, 0) is 6.42 Å². The highest BCUT2D eigenvalue weighted by Gasteiger charge is 2.08. The molecular weight excluding hydrogens is 264 g/mol. The van der Waals surface area contributed by atoms with E-state index in [9.17, 15) is 0 Å². The third kappa shape index (κ3) is 4.33. The number of benzene rings is 2. The third-order valence-corrected chi connectivity index (χ3v) is 3.39. The molecule has 0 saturated carbocycles. The second kappa shape index (κ2) is 9.57. The molecule has 0 aromatic heterocycles. The van der Waals surface area contributed by atoms with E-state index in [0.717, 1.165) is 12.0 Å². The van der Waals surface area contributed by atoms with Crippen molar-refractivity contribution in [2.24, 2.45) is 0 Å². The lowest BCUT2D eigenvalue weighted by atomic mass is 9.91. The van der Waals surface area contributed by atoms with Crippen LogP contribution in [0.1, 0.15) is 31.9 Å². The Morgan fingerprint density at radius 2 is 1.55 bits per heavy atom. The van der Waals surface area contributed by atoms with Crippen LogP contribution in [0, 0.1) is 0 Å². The van der Waals surface area contributed by atoms with E-state index < -0.39 is 0 Å². The maximum absolute atomic E-state index is 4.17. The minimum atomic E-state index is 1.01. The second-order valence-electron chi connectivity index (χ2n) is 4.68. The maximum atomic E-state index is 4.17. The van der Waals surface area contributed by atoms with Gasteiger partial charge in [-0.05, 0) is 34.2 Å². The van der Waals surface area contributed by atoms with Crippen LogP contribution in [0.2, 0.25) is 0 Å². The van der Waals surface area contributed by atoms with Crippen LogP contribution in [0.4, 0.5) is 0 Å². The van der Waals surface area contributed by atoms with E-state index in [4.69, 9.17) is 0 Å². The summed E-state index contributed by atoms with van der Waals surface area (Å²) in [5.74, 6) is 0. The summed E-state index contributed by atoms with van der Waals surface area (Å²) in [4.78, 5) is 0. The highest BCUT2D eigenvalue weighted by atomic mass is 14.1. The second-order valence-corrected chi connectivity index (χ2v) is 4.68. The summed E-state index contributed by atoms with van der Waals surface area (Å²) in [6.45, 7) is 14.1. The van der Waals surface area contributed by atoms with Gasteiger partial charge >= 0.3 is 0 Å². The van der Waals surface area contributed by atoms with E-state index in [1.165, 1.54) is 22.3 Å². The SMILES string of the molecule is C=C/C=C\C(=C)c1ccccc1-c1ccccc1CC.CC. The normalized spacial score (nSPS) is 9.95. The molecule has 0 fully saturated rings. The largest absolute Gasteiger partial charge is 0.0991 e. The van der Waals surface area contributed by atoms with Gasteiger partial charge in [-0.2, -0.15) is 0 Å². The zero-order chi connectivity index (χ0) is 16.4. The van der Waals surface area contributed by atoms with Crippen LogP contribution >= 0.6 is 0 Å². The molecule has 2 aromatic rings. The fourth-order valence-corrected chi connectivity index (χ4v) is 2.36. The molecule has 0 N–H and O–H groups in total. The average molecular weight is 290 g/mol. The minimum Gasteiger partial charge on any atom is -0.0991 e. The van der Waals surface area contributed by atoms with Crippen molar-refractivity contribution in [1.82, 2.24) is 0 Å². The Morgan fingerprint density at radius 1 is 0.955 bits per heavy atom. The molecule has 114 valence electrons. The van der Waals surface area contributed by atoms with Crippen molar-refractivity contribution in [2.45, 2.75) is 27.2 Å². The lowest BCUT2D eigenvalue weighted by Gasteiger charge is -2.13. The maximum Gasteiger partial charge on any atom is -0.0103 e. The Balaban J connectivity index is 0.00000116. The van der Waals surface area contributed by atoms with Gasteiger partial charge in [0.15, 0.2) is 0 Å². The van der Waals surface area contributed by atoms with Gasteiger partial charge in [0.05, 0.1) is 0 Å². The summed E-state index contributed by atoms with van der Waals surface area (Å²) in [5.41, 5.74) is 6.07. The van der Waals surface area contributed by atoms with Gasteiger partial charge in [0, 0.05) is 0 Å². The van der Waals surface area contributed by atoms with Gasteiger partial charge < -0.3 is 0 Å². The van der Waals surface area contributed by atoms with E-state index in [-0.39, 0.29) is 0 Å². The lowest BCUT2D eigenvalue weighted by Crippen LogP contribution is -1.91. The molecule has 0 aliphatic rings. The molecule has 0 bridgehead atoms. The molecule has 0 atom stereocenters. The predicted octanol–water partition coefficient (Wildman–Crippen LogP) is 6.70. The topological polar surface area (TPSA) is 0 Å². The van der Waals surface area contributed by atoms with Gasteiger partial charge in [-0.3, -0.25) is 0 Å². The summed E-state index contributed by atoms with van der Waals surface area (Å²) >= 11 is 0. The molecule has 0 unspecified atom stereocenters. The molecule has 0 aliphatic carbocycles. The first kappa shape index (κ1) is 17.7. The van der Waals surface area contributed by atoms with Crippen LogP contribution in [0.25, 0.3) is 16.7 Å². The summed E-state index contributed by atoms with van der Waals surface area (Å²) in [5, 5.41) is 0. The average Bonchev–Trinajstić information content (AvgIpc) is 2.61. The fourth-order valence-electron chi connectivity index (χ4n) is 2.36. The first-order valence-corrected chi connectivity index (χ1v) is 7.93. The van der Waals surface area contributed by atoms with E-state index in [1.807, 2.05) is 26.0 Å². The number of hydrogen-bond acceptors (Lipinski definition) is 0. The molecule has 0 nitrogen and oxygen atoms in total. The van der Waals surface area contributed by atoms with Crippen molar-refractivity contribution in [3.63, 3.8) is 0 Å². The zero-order valence-electron chi connectivity index (χ0n) is 14.0. The zero-order valence-corrected chi connectivity index (χ0v) is 14.0. The van der Waals surface area contributed by atoms with Crippen molar-refractivity contribution in [2.75, 3.05) is 0 Å². The molecule has 0 aliphatic heterocycles. The number of aryl methyl sites for hydroxylation is 1. The van der Waals surface area contributed by atoms with Crippen LogP contribution in [0.5, 0.6) is 0 Å². The van der Waals surface area contributed by atoms with Gasteiger partial charge in [0.25, 0.3) is 0 Å². The molecule has 0 heteroatoms. The Bertz CT molecular complexity index is 645. The third-order valence-electron chi connectivity index (χ3n) is 3.39. The predicted molar refractivity (Wildman–Crippen MR) is 101 cm³/mol. The summed E-state index contributed by atoms with van der Waals surface area (Å²) in [6.07, 6.45) is 6.72. The van der Waals surface area contributed by atoms with Crippen LogP contribution in [0.3, 0.4) is 0 Å². The fraction of sp³-hybridized carbons (Fsp3) is 0.182. The molecular formula is C22H26. The highest BCUT2D eigenvalue weighted by Crippen LogP contribution is 2.31. The van der Waals surface area contributed by atoms with Gasteiger partial charge in [-0.15, -0.1) is 0 Å². The molecule has 0 saturated heterocycles. The van der Waals surface area contributed by atoms with Crippen molar-refractivity contribution < 1.29 is 0 Å². The van der Waals surface area contributed by atoms with Crippen LogP contribution in [-0.4, -0.2) is 0 Å². The van der Waals surface area contributed by atoms with E-state index in [2.05, 4.69) is 68.6 Å². The van der Waals surface area contributed by atoms with Gasteiger partial charge in [-0.1, -0.05) is 101 Å². The minimum absolute atomic E-state index is 1.01. The Kier molecular flexibility index (Phi) is 7.70. The molecule has 2 aromatic carbocycles. The van der Waals surface area contributed by atoms with Gasteiger partial charge in [-0.25, -0.2) is 0 Å². The Morgan fingerprint density at radius 3 is 2.18 bits per heavy atom. The molecule has 0 heterocycles. The van der Waals surface area contributed by atoms with E-state index in [0.29, 0.717) is 0 Å². The first-order chi connectivity index (χ1) is 10.8. The van der Waals surface area contributed by atoms with E-state index in [1.54, 1.807) is 6.08 Å². The summed E-state index contributed by atoms with van der Waals surface area (Å²) in [7, 11) is 0. The van der Waals surface area contributed by atoms with Gasteiger partial charge in [0.2, 0.25) is 0 Å². The number of allylic oxidation sites excluding steroid dienone is 4.